The molecule has 6 nitrogen and oxygen atoms in total. The predicted molar refractivity (Wildman–Crippen MR) is 117 cm³/mol. The van der Waals surface area contributed by atoms with Gasteiger partial charge in [0.2, 0.25) is 5.92 Å². The van der Waals surface area contributed by atoms with Gasteiger partial charge in [-0.3, -0.25) is 4.98 Å². The number of hydrogen-bond donors (Lipinski definition) is 1. The zero-order valence-electron chi connectivity index (χ0n) is 17.8. The van der Waals surface area contributed by atoms with Crippen molar-refractivity contribution in [1.82, 2.24) is 19.9 Å². The molecule has 3 aromatic rings. The standard InChI is InChI=1S/C22H25F2N5OS/c1-11-16(20-28-18-15(31-20)8-9-25-17(18)12-4-5-12)19(29-21(26-11)30-3)27-14-7-6-13(10-14)22(2,23)24/h8-9,12-14H,4-7,10H2,1-3H3,(H,26,27,29). The molecule has 2 fully saturated rings. The first-order valence-electron chi connectivity index (χ1n) is 10.7. The molecule has 31 heavy (non-hydrogen) atoms. The summed E-state index contributed by atoms with van der Waals surface area (Å²) in [5.41, 5.74) is 3.54. The molecular weight excluding hydrogens is 420 g/mol. The second-order valence-corrected chi connectivity index (χ2v) is 9.69. The van der Waals surface area contributed by atoms with Crippen molar-refractivity contribution in [2.45, 2.75) is 63.8 Å². The molecule has 0 radical (unpaired) electrons. The fraction of sp³-hybridized carbons (Fsp3) is 0.545. The molecule has 1 N–H and O–H groups in total. The molecule has 0 bridgehead atoms. The van der Waals surface area contributed by atoms with E-state index in [0.29, 0.717) is 31.0 Å². The minimum Gasteiger partial charge on any atom is -0.467 e. The quantitative estimate of drug-likeness (QED) is 0.534. The Morgan fingerprint density at radius 1 is 1.16 bits per heavy atom. The van der Waals surface area contributed by atoms with Crippen LogP contribution < -0.4 is 10.1 Å². The topological polar surface area (TPSA) is 72.8 Å². The highest BCUT2D eigenvalue weighted by Gasteiger charge is 2.40. The summed E-state index contributed by atoms with van der Waals surface area (Å²) < 4.78 is 34.0. The molecule has 9 heteroatoms. The highest BCUT2D eigenvalue weighted by molar-refractivity contribution is 7.21. The van der Waals surface area contributed by atoms with Gasteiger partial charge in [-0.15, -0.1) is 11.3 Å². The van der Waals surface area contributed by atoms with Gasteiger partial charge in [0.25, 0.3) is 0 Å². The summed E-state index contributed by atoms with van der Waals surface area (Å²) in [6.45, 7) is 2.91. The van der Waals surface area contributed by atoms with Crippen molar-refractivity contribution in [2.75, 3.05) is 12.4 Å². The number of aryl methyl sites for hydroxylation is 1. The van der Waals surface area contributed by atoms with Crippen molar-refractivity contribution in [3.63, 3.8) is 0 Å². The van der Waals surface area contributed by atoms with Crippen LogP contribution in [0.4, 0.5) is 14.6 Å². The Balaban J connectivity index is 1.53. The molecule has 2 aliphatic carbocycles. The van der Waals surface area contributed by atoms with Crippen LogP contribution in [0.15, 0.2) is 12.3 Å². The maximum absolute atomic E-state index is 13.8. The van der Waals surface area contributed by atoms with Crippen molar-refractivity contribution < 1.29 is 13.5 Å². The van der Waals surface area contributed by atoms with E-state index < -0.39 is 11.8 Å². The number of nitrogens with one attached hydrogen (secondary N) is 1. The van der Waals surface area contributed by atoms with Crippen LogP contribution >= 0.6 is 11.3 Å². The number of fused-ring (bicyclic) bond motifs is 1. The van der Waals surface area contributed by atoms with E-state index in [1.807, 2.05) is 19.2 Å². The number of alkyl halides is 2. The van der Waals surface area contributed by atoms with Crippen molar-refractivity contribution >= 4 is 27.4 Å². The molecule has 2 saturated carbocycles. The van der Waals surface area contributed by atoms with Crippen LogP contribution in [0.25, 0.3) is 20.8 Å². The lowest BCUT2D eigenvalue weighted by atomic mass is 10.0. The van der Waals surface area contributed by atoms with Gasteiger partial charge in [-0.05, 0) is 52.0 Å². The fourth-order valence-corrected chi connectivity index (χ4v) is 5.47. The van der Waals surface area contributed by atoms with E-state index in [-0.39, 0.29) is 12.1 Å². The third-order valence-electron chi connectivity index (χ3n) is 6.26. The number of methoxy groups -OCH3 is 1. The van der Waals surface area contributed by atoms with Gasteiger partial charge in [0.15, 0.2) is 0 Å². The zero-order chi connectivity index (χ0) is 21.8. The van der Waals surface area contributed by atoms with Crippen molar-refractivity contribution in [2.24, 2.45) is 5.92 Å². The van der Waals surface area contributed by atoms with Gasteiger partial charge >= 0.3 is 6.01 Å². The third kappa shape index (κ3) is 3.95. The summed E-state index contributed by atoms with van der Waals surface area (Å²) in [5, 5.41) is 4.21. The number of aromatic nitrogens is 4. The van der Waals surface area contributed by atoms with Crippen molar-refractivity contribution in [3.05, 3.63) is 23.7 Å². The van der Waals surface area contributed by atoms with Crippen LogP contribution in [0.2, 0.25) is 0 Å². The molecule has 0 spiro atoms. The van der Waals surface area contributed by atoms with Crippen molar-refractivity contribution in [1.29, 1.82) is 0 Å². The van der Waals surface area contributed by atoms with E-state index >= 15 is 0 Å². The molecule has 164 valence electrons. The molecule has 3 heterocycles. The summed E-state index contributed by atoms with van der Waals surface area (Å²) in [5.74, 6) is -2.20. The Bertz CT molecular complexity index is 1130. The number of ether oxygens (including phenoxy) is 1. The number of rotatable bonds is 6. The van der Waals surface area contributed by atoms with E-state index in [9.17, 15) is 8.78 Å². The molecule has 0 amide bonds. The summed E-state index contributed by atoms with van der Waals surface area (Å²) in [6, 6.07) is 2.16. The number of thiazole rings is 1. The van der Waals surface area contributed by atoms with E-state index in [1.165, 1.54) is 7.11 Å². The van der Waals surface area contributed by atoms with E-state index in [1.54, 1.807) is 11.3 Å². The van der Waals surface area contributed by atoms with Gasteiger partial charge in [-0.2, -0.15) is 9.97 Å². The first kappa shape index (κ1) is 20.5. The molecule has 2 unspecified atom stereocenters. The minimum absolute atomic E-state index is 0.0772. The Morgan fingerprint density at radius 3 is 2.65 bits per heavy atom. The number of halogens is 2. The number of pyridine rings is 1. The largest absolute Gasteiger partial charge is 0.467 e. The molecule has 0 aromatic carbocycles. The van der Waals surface area contributed by atoms with E-state index in [2.05, 4.69) is 20.3 Å². The van der Waals surface area contributed by atoms with Crippen molar-refractivity contribution in [3.8, 4) is 16.6 Å². The molecular formula is C22H25F2N5OS. The predicted octanol–water partition coefficient (Wildman–Crippen LogP) is 5.58. The van der Waals surface area contributed by atoms with Crippen LogP contribution in [0, 0.1) is 12.8 Å². The number of hydrogen-bond acceptors (Lipinski definition) is 7. The molecule has 2 atom stereocenters. The average Bonchev–Trinajstić information content (AvgIpc) is 3.28. The third-order valence-corrected chi connectivity index (χ3v) is 7.29. The van der Waals surface area contributed by atoms with Crippen LogP contribution in [0.3, 0.4) is 0 Å². The smallest absolute Gasteiger partial charge is 0.318 e. The van der Waals surface area contributed by atoms with Crippen LogP contribution in [-0.2, 0) is 0 Å². The molecule has 3 aromatic heterocycles. The lowest BCUT2D eigenvalue weighted by Gasteiger charge is -2.20. The maximum atomic E-state index is 13.8. The second-order valence-electron chi connectivity index (χ2n) is 8.66. The number of anilines is 1. The van der Waals surface area contributed by atoms with E-state index in [4.69, 9.17) is 9.72 Å². The van der Waals surface area contributed by atoms with Gasteiger partial charge in [0, 0.05) is 24.1 Å². The first-order chi connectivity index (χ1) is 14.8. The fourth-order valence-electron chi connectivity index (χ4n) is 4.40. The van der Waals surface area contributed by atoms with Crippen LogP contribution in [0.1, 0.15) is 56.3 Å². The first-order valence-corrected chi connectivity index (χ1v) is 11.5. The van der Waals surface area contributed by atoms with Gasteiger partial charge in [-0.1, -0.05) is 0 Å². The van der Waals surface area contributed by atoms with Crippen LogP contribution in [-0.4, -0.2) is 39.0 Å². The average molecular weight is 446 g/mol. The minimum atomic E-state index is -2.67. The molecule has 0 aliphatic heterocycles. The summed E-state index contributed by atoms with van der Waals surface area (Å²) in [6.07, 6.45) is 5.73. The highest BCUT2D eigenvalue weighted by atomic mass is 32.1. The summed E-state index contributed by atoms with van der Waals surface area (Å²) in [7, 11) is 1.52. The van der Waals surface area contributed by atoms with Gasteiger partial charge in [0.05, 0.1) is 28.8 Å². The molecule has 2 aliphatic rings. The van der Waals surface area contributed by atoms with Gasteiger partial charge in [0.1, 0.15) is 16.3 Å². The summed E-state index contributed by atoms with van der Waals surface area (Å²) in [4.78, 5) is 18.5. The SMILES string of the molecule is COc1nc(C)c(-c2nc3c(C4CC4)nccc3s2)c(NC2CCC(C(C)(F)F)C2)n1. The lowest BCUT2D eigenvalue weighted by molar-refractivity contribution is -0.0369. The summed E-state index contributed by atoms with van der Waals surface area (Å²) >= 11 is 1.58. The Hall–Kier alpha value is -2.42. The molecule has 0 saturated heterocycles. The normalized spacial score (nSPS) is 21.6. The Morgan fingerprint density at radius 2 is 1.97 bits per heavy atom. The molecule has 5 rings (SSSR count). The highest BCUT2D eigenvalue weighted by Crippen LogP contribution is 2.45. The Kier molecular flexibility index (Phi) is 5.03. The van der Waals surface area contributed by atoms with Crippen LogP contribution in [0.5, 0.6) is 6.01 Å². The monoisotopic (exact) mass is 445 g/mol. The zero-order valence-corrected chi connectivity index (χ0v) is 18.6. The van der Waals surface area contributed by atoms with Gasteiger partial charge < -0.3 is 10.1 Å². The Labute approximate surface area is 183 Å². The van der Waals surface area contributed by atoms with E-state index in [0.717, 1.165) is 51.9 Å². The van der Waals surface area contributed by atoms with Gasteiger partial charge in [-0.25, -0.2) is 13.8 Å². The number of nitrogens with zero attached hydrogens (tertiary/aromatic N) is 4. The lowest BCUT2D eigenvalue weighted by Crippen LogP contribution is -2.24. The maximum Gasteiger partial charge on any atom is 0.318 e. The second kappa shape index (κ2) is 7.62.